The van der Waals surface area contributed by atoms with Crippen LogP contribution < -0.4 is 16.4 Å². The van der Waals surface area contributed by atoms with Crippen molar-refractivity contribution in [1.29, 1.82) is 0 Å². The summed E-state index contributed by atoms with van der Waals surface area (Å²) < 4.78 is 0. The average molecular weight is 292 g/mol. The summed E-state index contributed by atoms with van der Waals surface area (Å²) in [4.78, 5) is 10.8. The van der Waals surface area contributed by atoms with Crippen molar-refractivity contribution >= 4 is 29.0 Å². The smallest absolute Gasteiger partial charge is 0.316 e. The number of benzene rings is 2. The quantitative estimate of drug-likeness (QED) is 0.698. The van der Waals surface area contributed by atoms with Crippen LogP contribution in [0.1, 0.15) is 5.56 Å². The molecule has 5 N–H and O–H groups in total. The SMILES string of the molecule is NC(=O)Nc1cccc(NCc2ccc(O)c(Cl)c2)c1. The highest BCUT2D eigenvalue weighted by Crippen LogP contribution is 2.24. The van der Waals surface area contributed by atoms with E-state index in [1.807, 2.05) is 6.07 Å². The molecular weight excluding hydrogens is 278 g/mol. The standard InChI is InChI=1S/C14H14ClN3O2/c15-12-6-9(4-5-13(12)19)8-17-10-2-1-3-11(7-10)18-14(16)20/h1-7,17,19H,8H2,(H3,16,18,20). The summed E-state index contributed by atoms with van der Waals surface area (Å²) in [6.45, 7) is 0.542. The fourth-order valence-electron chi connectivity index (χ4n) is 1.71. The second kappa shape index (κ2) is 6.16. The maximum absolute atomic E-state index is 10.8. The Bertz CT molecular complexity index is 632. The number of carbonyl (C=O) groups excluding carboxylic acids is 1. The maximum Gasteiger partial charge on any atom is 0.316 e. The van der Waals surface area contributed by atoms with Gasteiger partial charge in [-0.25, -0.2) is 4.79 Å². The molecule has 0 saturated heterocycles. The van der Waals surface area contributed by atoms with Gasteiger partial charge in [-0.3, -0.25) is 0 Å². The number of urea groups is 1. The fourth-order valence-corrected chi connectivity index (χ4v) is 1.92. The molecule has 20 heavy (non-hydrogen) atoms. The lowest BCUT2D eigenvalue weighted by atomic mass is 10.2. The molecule has 0 aromatic heterocycles. The third-order valence-corrected chi connectivity index (χ3v) is 2.94. The van der Waals surface area contributed by atoms with E-state index in [2.05, 4.69) is 10.6 Å². The maximum atomic E-state index is 10.8. The molecule has 0 heterocycles. The van der Waals surface area contributed by atoms with E-state index in [-0.39, 0.29) is 5.75 Å². The third kappa shape index (κ3) is 3.80. The number of nitrogens with two attached hydrogens (primary N) is 1. The molecule has 104 valence electrons. The molecule has 5 nitrogen and oxygen atoms in total. The van der Waals surface area contributed by atoms with Crippen LogP contribution in [0.15, 0.2) is 42.5 Å². The predicted molar refractivity (Wildman–Crippen MR) is 80.1 cm³/mol. The Balaban J connectivity index is 2.03. The topological polar surface area (TPSA) is 87.4 Å². The van der Waals surface area contributed by atoms with Gasteiger partial charge in [-0.05, 0) is 35.9 Å². The van der Waals surface area contributed by atoms with Gasteiger partial charge in [0.05, 0.1) is 5.02 Å². The third-order valence-electron chi connectivity index (χ3n) is 2.64. The van der Waals surface area contributed by atoms with E-state index >= 15 is 0 Å². The van der Waals surface area contributed by atoms with E-state index in [4.69, 9.17) is 17.3 Å². The minimum atomic E-state index is -0.604. The molecule has 6 heteroatoms. The average Bonchev–Trinajstić information content (AvgIpc) is 2.40. The van der Waals surface area contributed by atoms with Crippen LogP contribution in [0.25, 0.3) is 0 Å². The van der Waals surface area contributed by atoms with Crippen LogP contribution in [0.4, 0.5) is 16.2 Å². The van der Waals surface area contributed by atoms with Gasteiger partial charge < -0.3 is 21.5 Å². The minimum Gasteiger partial charge on any atom is -0.506 e. The molecule has 0 aliphatic carbocycles. The molecule has 0 atom stereocenters. The van der Waals surface area contributed by atoms with Crippen LogP contribution in [-0.2, 0) is 6.54 Å². The van der Waals surface area contributed by atoms with Crippen molar-refractivity contribution < 1.29 is 9.90 Å². The predicted octanol–water partition coefficient (Wildman–Crippen LogP) is 3.15. The van der Waals surface area contributed by atoms with Crippen molar-refractivity contribution in [2.24, 2.45) is 5.73 Å². The van der Waals surface area contributed by atoms with Gasteiger partial charge in [-0.15, -0.1) is 0 Å². The van der Waals surface area contributed by atoms with E-state index in [9.17, 15) is 9.90 Å². The van der Waals surface area contributed by atoms with Gasteiger partial charge in [0.1, 0.15) is 5.75 Å². The Morgan fingerprint density at radius 1 is 1.20 bits per heavy atom. The minimum absolute atomic E-state index is 0.0584. The van der Waals surface area contributed by atoms with Crippen LogP contribution in [0.3, 0.4) is 0 Å². The molecule has 2 amide bonds. The zero-order valence-electron chi connectivity index (χ0n) is 10.6. The van der Waals surface area contributed by atoms with E-state index in [1.54, 1.807) is 36.4 Å². The van der Waals surface area contributed by atoms with Gasteiger partial charge >= 0.3 is 6.03 Å². The first-order valence-electron chi connectivity index (χ1n) is 5.92. The summed E-state index contributed by atoms with van der Waals surface area (Å²) >= 11 is 5.84. The number of hydrogen-bond acceptors (Lipinski definition) is 3. The van der Waals surface area contributed by atoms with Crippen LogP contribution in [0.2, 0.25) is 5.02 Å². The number of phenolic OH excluding ortho intramolecular Hbond substituents is 1. The van der Waals surface area contributed by atoms with Crippen LogP contribution in [0, 0.1) is 0 Å². The molecule has 0 aliphatic heterocycles. The largest absolute Gasteiger partial charge is 0.506 e. The van der Waals surface area contributed by atoms with E-state index in [1.165, 1.54) is 0 Å². The lowest BCUT2D eigenvalue weighted by Gasteiger charge is -2.09. The summed E-state index contributed by atoms with van der Waals surface area (Å²) in [7, 11) is 0. The number of phenols is 1. The summed E-state index contributed by atoms with van der Waals surface area (Å²) in [5.41, 5.74) is 7.44. The second-order valence-corrected chi connectivity index (χ2v) is 4.62. The number of nitrogens with one attached hydrogen (secondary N) is 2. The fraction of sp³-hybridized carbons (Fsp3) is 0.0714. The first-order valence-corrected chi connectivity index (χ1v) is 6.30. The Morgan fingerprint density at radius 2 is 1.95 bits per heavy atom. The van der Waals surface area contributed by atoms with Gasteiger partial charge in [-0.1, -0.05) is 23.7 Å². The van der Waals surface area contributed by atoms with Crippen molar-refractivity contribution in [3.8, 4) is 5.75 Å². The molecule has 0 bridgehead atoms. The molecular formula is C14H14ClN3O2. The van der Waals surface area contributed by atoms with Crippen LogP contribution >= 0.6 is 11.6 Å². The highest BCUT2D eigenvalue weighted by molar-refractivity contribution is 6.32. The number of aromatic hydroxyl groups is 1. The van der Waals surface area contributed by atoms with Crippen molar-refractivity contribution in [2.75, 3.05) is 10.6 Å². The molecule has 0 aliphatic rings. The normalized spacial score (nSPS) is 10.1. The monoisotopic (exact) mass is 291 g/mol. The van der Waals surface area contributed by atoms with Crippen LogP contribution in [0.5, 0.6) is 5.75 Å². The van der Waals surface area contributed by atoms with Gasteiger partial charge in [0.25, 0.3) is 0 Å². The number of anilines is 2. The summed E-state index contributed by atoms with van der Waals surface area (Å²) in [6.07, 6.45) is 0. The van der Waals surface area contributed by atoms with Gasteiger partial charge in [0.15, 0.2) is 0 Å². The summed E-state index contributed by atoms with van der Waals surface area (Å²) in [5, 5.41) is 15.4. The van der Waals surface area contributed by atoms with E-state index < -0.39 is 6.03 Å². The number of hydrogen-bond donors (Lipinski definition) is 4. The Morgan fingerprint density at radius 3 is 2.65 bits per heavy atom. The van der Waals surface area contributed by atoms with Crippen molar-refractivity contribution in [1.82, 2.24) is 0 Å². The first-order chi connectivity index (χ1) is 9.54. The van der Waals surface area contributed by atoms with Gasteiger partial charge in [0, 0.05) is 17.9 Å². The molecule has 0 radical (unpaired) electrons. The van der Waals surface area contributed by atoms with Crippen molar-refractivity contribution in [3.05, 3.63) is 53.1 Å². The van der Waals surface area contributed by atoms with Crippen molar-refractivity contribution in [2.45, 2.75) is 6.54 Å². The summed E-state index contributed by atoms with van der Waals surface area (Å²) in [5.74, 6) is 0.0584. The van der Waals surface area contributed by atoms with Crippen LogP contribution in [-0.4, -0.2) is 11.1 Å². The van der Waals surface area contributed by atoms with Crippen molar-refractivity contribution in [3.63, 3.8) is 0 Å². The first kappa shape index (κ1) is 14.0. The highest BCUT2D eigenvalue weighted by atomic mass is 35.5. The zero-order chi connectivity index (χ0) is 14.5. The van der Waals surface area contributed by atoms with E-state index in [0.29, 0.717) is 17.3 Å². The number of halogens is 1. The molecule has 0 spiro atoms. The number of rotatable bonds is 4. The number of primary amides is 1. The Labute approximate surface area is 121 Å². The molecule has 0 saturated carbocycles. The lowest BCUT2D eigenvalue weighted by molar-refractivity contribution is 0.259. The van der Waals surface area contributed by atoms with Gasteiger partial charge in [-0.2, -0.15) is 0 Å². The molecule has 2 aromatic rings. The highest BCUT2D eigenvalue weighted by Gasteiger charge is 2.01. The molecule has 2 aromatic carbocycles. The Kier molecular flexibility index (Phi) is 4.32. The molecule has 0 unspecified atom stereocenters. The van der Waals surface area contributed by atoms with E-state index in [0.717, 1.165) is 11.3 Å². The van der Waals surface area contributed by atoms with Gasteiger partial charge in [0.2, 0.25) is 0 Å². The number of carbonyl (C=O) groups is 1. The zero-order valence-corrected chi connectivity index (χ0v) is 11.3. The second-order valence-electron chi connectivity index (χ2n) is 4.21. The molecule has 2 rings (SSSR count). The summed E-state index contributed by atoms with van der Waals surface area (Å²) in [6, 6.07) is 11.6. The lowest BCUT2D eigenvalue weighted by Crippen LogP contribution is -2.19. The number of amides is 2. The Hall–Kier alpha value is -2.40. The molecule has 0 fully saturated rings.